The summed E-state index contributed by atoms with van der Waals surface area (Å²) in [6, 6.07) is 22.5. The van der Waals surface area contributed by atoms with Gasteiger partial charge in [0.1, 0.15) is 5.70 Å². The minimum absolute atomic E-state index is 0.0521. The van der Waals surface area contributed by atoms with Crippen molar-refractivity contribution >= 4 is 52.8 Å². The Balaban J connectivity index is 1.84. The molecular weight excluding hydrogens is 446 g/mol. The molecule has 0 bridgehead atoms. The molecule has 0 aliphatic carbocycles. The van der Waals surface area contributed by atoms with Crippen LogP contribution in [0.15, 0.2) is 89.5 Å². The van der Waals surface area contributed by atoms with Crippen LogP contribution in [-0.4, -0.2) is 23.5 Å². The van der Waals surface area contributed by atoms with Crippen LogP contribution < -0.4 is 16.4 Å². The van der Waals surface area contributed by atoms with Crippen molar-refractivity contribution in [3.05, 3.63) is 101 Å². The lowest BCUT2D eigenvalue weighted by Crippen LogP contribution is -2.30. The normalized spacial score (nSPS) is 11.0. The first-order valence-electron chi connectivity index (χ1n) is 9.57. The Morgan fingerprint density at radius 2 is 1.69 bits per heavy atom. The van der Waals surface area contributed by atoms with Crippen molar-refractivity contribution in [3.8, 4) is 0 Å². The molecule has 0 aliphatic heterocycles. The molecule has 3 rings (SSSR count). The minimum Gasteiger partial charge on any atom is -0.369 e. The van der Waals surface area contributed by atoms with E-state index in [9.17, 15) is 14.4 Å². The van der Waals surface area contributed by atoms with Crippen LogP contribution in [0.5, 0.6) is 0 Å². The van der Waals surface area contributed by atoms with E-state index in [1.807, 2.05) is 6.07 Å². The first kappa shape index (κ1) is 23.1. The smallest absolute Gasteiger partial charge is 0.272 e. The van der Waals surface area contributed by atoms with Gasteiger partial charge in [-0.15, -0.1) is 11.8 Å². The molecule has 0 saturated heterocycles. The second kappa shape index (κ2) is 11.2. The van der Waals surface area contributed by atoms with Crippen molar-refractivity contribution in [2.75, 3.05) is 11.1 Å². The average Bonchev–Trinajstić information content (AvgIpc) is 2.78. The van der Waals surface area contributed by atoms with Gasteiger partial charge in [-0.05, 0) is 54.1 Å². The van der Waals surface area contributed by atoms with Gasteiger partial charge in [0, 0.05) is 21.2 Å². The van der Waals surface area contributed by atoms with E-state index in [0.717, 1.165) is 4.90 Å². The van der Waals surface area contributed by atoms with Crippen LogP contribution in [-0.2, 0) is 9.59 Å². The molecule has 0 atom stereocenters. The molecule has 3 aromatic rings. The van der Waals surface area contributed by atoms with Crippen molar-refractivity contribution in [1.82, 2.24) is 5.32 Å². The molecule has 4 N–H and O–H groups in total. The van der Waals surface area contributed by atoms with Crippen molar-refractivity contribution in [3.63, 3.8) is 0 Å². The lowest BCUT2D eigenvalue weighted by molar-refractivity contribution is -0.115. The Hall–Kier alpha value is -3.55. The summed E-state index contributed by atoms with van der Waals surface area (Å²) in [5.74, 6) is -1.23. The van der Waals surface area contributed by atoms with Gasteiger partial charge in [0.25, 0.3) is 11.8 Å². The molecule has 0 aliphatic rings. The molecule has 6 nitrogen and oxygen atoms in total. The third-order valence-corrected chi connectivity index (χ3v) is 5.41. The highest BCUT2D eigenvalue weighted by Gasteiger charge is 2.15. The fourth-order valence-electron chi connectivity index (χ4n) is 2.72. The van der Waals surface area contributed by atoms with Gasteiger partial charge in [-0.3, -0.25) is 14.4 Å². The lowest BCUT2D eigenvalue weighted by Gasteiger charge is -2.12. The second-order valence-electron chi connectivity index (χ2n) is 6.67. The largest absolute Gasteiger partial charge is 0.369 e. The van der Waals surface area contributed by atoms with Crippen LogP contribution in [0.2, 0.25) is 5.02 Å². The minimum atomic E-state index is -0.508. The fraction of sp³-hybridized carbons (Fsp3) is 0.0417. The number of carbonyl (C=O) groups is 3. The van der Waals surface area contributed by atoms with E-state index >= 15 is 0 Å². The van der Waals surface area contributed by atoms with Crippen LogP contribution >= 0.6 is 23.4 Å². The number of thioether (sulfide) groups is 1. The van der Waals surface area contributed by atoms with E-state index in [-0.39, 0.29) is 11.4 Å². The second-order valence-corrected chi connectivity index (χ2v) is 8.16. The number of benzene rings is 3. The monoisotopic (exact) mass is 465 g/mol. The lowest BCUT2D eigenvalue weighted by atomic mass is 10.1. The summed E-state index contributed by atoms with van der Waals surface area (Å²) < 4.78 is 0. The Kier molecular flexibility index (Phi) is 8.08. The van der Waals surface area contributed by atoms with Crippen molar-refractivity contribution in [1.29, 1.82) is 0 Å². The maximum atomic E-state index is 13.0. The SMILES string of the molecule is NC(=O)CSc1cccc(NC(=O)/C(=C/c2cccc(Cl)c2)NC(=O)c2ccccc2)c1. The topological polar surface area (TPSA) is 101 Å². The Morgan fingerprint density at radius 1 is 0.938 bits per heavy atom. The summed E-state index contributed by atoms with van der Waals surface area (Å²) in [6.07, 6.45) is 1.55. The van der Waals surface area contributed by atoms with Crippen LogP contribution in [0.4, 0.5) is 5.69 Å². The molecular formula is C24H20ClN3O3S. The van der Waals surface area contributed by atoms with E-state index in [1.165, 1.54) is 11.8 Å². The molecule has 8 heteroatoms. The van der Waals surface area contributed by atoms with E-state index in [2.05, 4.69) is 10.6 Å². The van der Waals surface area contributed by atoms with Crippen LogP contribution in [0.1, 0.15) is 15.9 Å². The number of nitrogens with one attached hydrogen (secondary N) is 2. The maximum absolute atomic E-state index is 13.0. The zero-order chi connectivity index (χ0) is 22.9. The van der Waals surface area contributed by atoms with Crippen LogP contribution in [0, 0.1) is 0 Å². The fourth-order valence-corrected chi connectivity index (χ4v) is 3.61. The summed E-state index contributed by atoms with van der Waals surface area (Å²) in [5, 5.41) is 5.96. The summed E-state index contributed by atoms with van der Waals surface area (Å²) in [4.78, 5) is 37.5. The molecule has 0 radical (unpaired) electrons. The van der Waals surface area contributed by atoms with Gasteiger partial charge in [0.05, 0.1) is 5.75 Å². The molecule has 0 heterocycles. The van der Waals surface area contributed by atoms with Gasteiger partial charge < -0.3 is 16.4 Å². The van der Waals surface area contributed by atoms with Crippen molar-refractivity contribution < 1.29 is 14.4 Å². The number of rotatable bonds is 8. The predicted octanol–water partition coefficient (Wildman–Crippen LogP) is 4.33. The van der Waals surface area contributed by atoms with E-state index < -0.39 is 17.7 Å². The molecule has 3 aromatic carbocycles. The number of hydrogen-bond acceptors (Lipinski definition) is 4. The quantitative estimate of drug-likeness (QED) is 0.340. The molecule has 3 amide bonds. The standard InChI is InChI=1S/C24H20ClN3O3S/c25-18-9-4-6-16(12-18)13-21(28-23(30)17-7-2-1-3-8-17)24(31)27-19-10-5-11-20(14-19)32-15-22(26)29/h1-14H,15H2,(H2,26,29)(H,27,31)(H,28,30)/b21-13-. The van der Waals surface area contributed by atoms with Gasteiger partial charge in [0.2, 0.25) is 5.91 Å². The number of halogens is 1. The van der Waals surface area contributed by atoms with E-state index in [0.29, 0.717) is 21.8 Å². The molecule has 0 saturated carbocycles. The maximum Gasteiger partial charge on any atom is 0.272 e. The van der Waals surface area contributed by atoms with E-state index in [1.54, 1.807) is 78.9 Å². The number of carbonyl (C=O) groups excluding carboxylic acids is 3. The molecule has 162 valence electrons. The zero-order valence-electron chi connectivity index (χ0n) is 16.9. The average molecular weight is 466 g/mol. The third kappa shape index (κ3) is 7.01. The summed E-state index contributed by atoms with van der Waals surface area (Å²) in [5.41, 5.74) is 6.83. The molecule has 0 aromatic heterocycles. The zero-order valence-corrected chi connectivity index (χ0v) is 18.5. The number of hydrogen-bond donors (Lipinski definition) is 3. The number of nitrogens with two attached hydrogens (primary N) is 1. The van der Waals surface area contributed by atoms with Gasteiger partial charge in [0.15, 0.2) is 0 Å². The molecule has 32 heavy (non-hydrogen) atoms. The molecule has 0 spiro atoms. The van der Waals surface area contributed by atoms with E-state index in [4.69, 9.17) is 17.3 Å². The summed E-state index contributed by atoms with van der Waals surface area (Å²) >= 11 is 7.32. The van der Waals surface area contributed by atoms with Crippen LogP contribution in [0.3, 0.4) is 0 Å². The number of primary amides is 1. The van der Waals surface area contributed by atoms with Gasteiger partial charge in [-0.1, -0.05) is 48.0 Å². The highest BCUT2D eigenvalue weighted by Crippen LogP contribution is 2.22. The van der Waals surface area contributed by atoms with Gasteiger partial charge in [-0.25, -0.2) is 0 Å². The van der Waals surface area contributed by atoms with Crippen LogP contribution in [0.25, 0.3) is 6.08 Å². The first-order valence-corrected chi connectivity index (χ1v) is 10.9. The molecule has 0 unspecified atom stereocenters. The predicted molar refractivity (Wildman–Crippen MR) is 128 cm³/mol. The summed E-state index contributed by atoms with van der Waals surface area (Å²) in [7, 11) is 0. The Morgan fingerprint density at radius 3 is 2.41 bits per heavy atom. The molecule has 0 fully saturated rings. The Labute approximate surface area is 194 Å². The Bertz CT molecular complexity index is 1170. The summed E-state index contributed by atoms with van der Waals surface area (Å²) in [6.45, 7) is 0. The third-order valence-electron chi connectivity index (χ3n) is 4.16. The van der Waals surface area contributed by atoms with Crippen molar-refractivity contribution in [2.45, 2.75) is 4.90 Å². The number of amides is 3. The van der Waals surface area contributed by atoms with Gasteiger partial charge in [-0.2, -0.15) is 0 Å². The number of anilines is 1. The van der Waals surface area contributed by atoms with Gasteiger partial charge >= 0.3 is 0 Å². The highest BCUT2D eigenvalue weighted by molar-refractivity contribution is 8.00. The first-order chi connectivity index (χ1) is 15.4. The highest BCUT2D eigenvalue weighted by atomic mass is 35.5. The van der Waals surface area contributed by atoms with Crippen molar-refractivity contribution in [2.24, 2.45) is 5.73 Å².